The molecule has 6 nitrogen and oxygen atoms in total. The first-order valence-electron chi connectivity index (χ1n) is 8.02. The quantitative estimate of drug-likeness (QED) is 0.564. The zero-order chi connectivity index (χ0) is 18.5. The molecule has 25 heavy (non-hydrogen) atoms. The van der Waals surface area contributed by atoms with Crippen molar-refractivity contribution in [1.82, 2.24) is 0 Å². The molecule has 0 unspecified atom stereocenters. The second kappa shape index (κ2) is 5.72. The number of hydrogen-bond donors (Lipinski definition) is 0. The van der Waals surface area contributed by atoms with E-state index in [1.807, 2.05) is 0 Å². The Hall–Kier alpha value is -2.63. The van der Waals surface area contributed by atoms with E-state index < -0.39 is 35.7 Å². The van der Waals surface area contributed by atoms with Gasteiger partial charge in [-0.25, -0.2) is 9.59 Å². The topological polar surface area (TPSA) is 78.9 Å². The standard InChI is InChI=1S/C19H20O6/c1-9(2)17(21)24-14-8-19(5)15(20)7-12(25-19)10(3)6-13-16(14)11(4)18(22)23-13/h7,13-14,16H,1,3-4,6,8H2,2,5H3/t13-,14+,16+,19+/m1/s1. The molecule has 0 aromatic carbocycles. The maximum absolute atomic E-state index is 12.4. The summed E-state index contributed by atoms with van der Waals surface area (Å²) in [6, 6.07) is 0. The number of carbonyl (C=O) groups excluding carboxylic acids is 3. The summed E-state index contributed by atoms with van der Waals surface area (Å²) in [5.74, 6) is -1.54. The first-order chi connectivity index (χ1) is 11.6. The lowest BCUT2D eigenvalue weighted by molar-refractivity contribution is -0.153. The van der Waals surface area contributed by atoms with E-state index in [0.29, 0.717) is 11.3 Å². The molecule has 3 aliphatic rings. The van der Waals surface area contributed by atoms with Crippen molar-refractivity contribution in [3.8, 4) is 0 Å². The summed E-state index contributed by atoms with van der Waals surface area (Å²) in [5.41, 5.74) is -0.195. The van der Waals surface area contributed by atoms with E-state index in [1.165, 1.54) is 13.0 Å². The highest BCUT2D eigenvalue weighted by molar-refractivity contribution is 6.00. The summed E-state index contributed by atoms with van der Waals surface area (Å²) in [6.07, 6.45) is 0.366. The van der Waals surface area contributed by atoms with Crippen LogP contribution < -0.4 is 0 Å². The minimum Gasteiger partial charge on any atom is -0.479 e. The fourth-order valence-electron chi connectivity index (χ4n) is 3.40. The average Bonchev–Trinajstić information content (AvgIpc) is 2.96. The molecule has 0 radical (unpaired) electrons. The van der Waals surface area contributed by atoms with Gasteiger partial charge < -0.3 is 14.2 Å². The molecule has 0 aliphatic carbocycles. The number of ketones is 1. The summed E-state index contributed by atoms with van der Waals surface area (Å²) in [7, 11) is 0. The Bertz CT molecular complexity index is 758. The van der Waals surface area contributed by atoms with Crippen LogP contribution in [0.4, 0.5) is 0 Å². The van der Waals surface area contributed by atoms with Gasteiger partial charge in [0.1, 0.15) is 18.0 Å². The Morgan fingerprint density at radius 3 is 2.68 bits per heavy atom. The highest BCUT2D eigenvalue weighted by Gasteiger charge is 2.52. The van der Waals surface area contributed by atoms with Gasteiger partial charge in [0.2, 0.25) is 5.78 Å². The van der Waals surface area contributed by atoms with Gasteiger partial charge in [-0.1, -0.05) is 19.7 Å². The maximum atomic E-state index is 12.4. The summed E-state index contributed by atoms with van der Waals surface area (Å²) in [4.78, 5) is 36.5. The van der Waals surface area contributed by atoms with E-state index in [1.54, 1.807) is 6.92 Å². The second-order valence-corrected chi connectivity index (χ2v) is 6.94. The lowest BCUT2D eigenvalue weighted by atomic mass is 9.81. The third-order valence-electron chi connectivity index (χ3n) is 4.84. The Morgan fingerprint density at radius 1 is 1.36 bits per heavy atom. The molecule has 0 spiro atoms. The Morgan fingerprint density at radius 2 is 2.04 bits per heavy atom. The molecule has 2 saturated heterocycles. The minimum absolute atomic E-state index is 0.0783. The van der Waals surface area contributed by atoms with Crippen molar-refractivity contribution in [3.63, 3.8) is 0 Å². The molecule has 3 rings (SSSR count). The third kappa shape index (κ3) is 2.81. The highest BCUT2D eigenvalue weighted by atomic mass is 16.6. The molecule has 3 aliphatic heterocycles. The van der Waals surface area contributed by atoms with Crippen LogP contribution in [0.2, 0.25) is 0 Å². The van der Waals surface area contributed by atoms with Gasteiger partial charge in [0.15, 0.2) is 5.60 Å². The van der Waals surface area contributed by atoms with E-state index >= 15 is 0 Å². The van der Waals surface area contributed by atoms with Crippen molar-refractivity contribution in [2.24, 2.45) is 5.92 Å². The molecule has 2 fully saturated rings. The molecular weight excluding hydrogens is 324 g/mol. The zero-order valence-corrected chi connectivity index (χ0v) is 14.3. The van der Waals surface area contributed by atoms with Crippen LogP contribution in [0.1, 0.15) is 26.7 Å². The van der Waals surface area contributed by atoms with Gasteiger partial charge >= 0.3 is 11.9 Å². The molecule has 132 valence electrons. The first kappa shape index (κ1) is 17.2. The number of rotatable bonds is 2. The molecule has 3 heterocycles. The fourth-order valence-corrected chi connectivity index (χ4v) is 3.40. The van der Waals surface area contributed by atoms with Crippen LogP contribution in [0.15, 0.2) is 48.3 Å². The van der Waals surface area contributed by atoms with Crippen molar-refractivity contribution in [2.45, 2.75) is 44.5 Å². The van der Waals surface area contributed by atoms with Crippen LogP contribution in [-0.4, -0.2) is 35.5 Å². The monoisotopic (exact) mass is 344 g/mol. The van der Waals surface area contributed by atoms with E-state index in [9.17, 15) is 14.4 Å². The molecule has 0 aromatic rings. The van der Waals surface area contributed by atoms with Gasteiger partial charge in [-0.3, -0.25) is 4.79 Å². The molecule has 0 amide bonds. The summed E-state index contributed by atoms with van der Waals surface area (Å²) in [6.45, 7) is 14.5. The Balaban J connectivity index is 2.03. The molecule has 6 heteroatoms. The lowest BCUT2D eigenvalue weighted by Crippen LogP contribution is -2.43. The molecule has 0 aromatic heterocycles. The van der Waals surface area contributed by atoms with Crippen LogP contribution in [0.25, 0.3) is 0 Å². The minimum atomic E-state index is -1.20. The lowest BCUT2D eigenvalue weighted by Gasteiger charge is -2.31. The van der Waals surface area contributed by atoms with Gasteiger partial charge in [-0.05, 0) is 19.4 Å². The molecule has 4 atom stereocenters. The van der Waals surface area contributed by atoms with Crippen LogP contribution in [0.3, 0.4) is 0 Å². The van der Waals surface area contributed by atoms with E-state index in [4.69, 9.17) is 14.2 Å². The summed E-state index contributed by atoms with van der Waals surface area (Å²) in [5, 5.41) is 0. The second-order valence-electron chi connectivity index (χ2n) is 6.94. The van der Waals surface area contributed by atoms with Gasteiger partial charge in [0, 0.05) is 30.1 Å². The largest absolute Gasteiger partial charge is 0.479 e. The maximum Gasteiger partial charge on any atom is 0.334 e. The summed E-state index contributed by atoms with van der Waals surface area (Å²) < 4.78 is 16.8. The van der Waals surface area contributed by atoms with Crippen molar-refractivity contribution in [3.05, 3.63) is 48.3 Å². The summed E-state index contributed by atoms with van der Waals surface area (Å²) >= 11 is 0. The predicted molar refractivity (Wildman–Crippen MR) is 88.2 cm³/mol. The SMILES string of the molecule is C=C(C)C(=O)O[C@H]1C[C@]2(C)OC(=CC2=O)C(=C)C[C@H]2OC(=O)C(=C)[C@H]12. The molecular formula is C19H20O6. The average molecular weight is 344 g/mol. The van der Waals surface area contributed by atoms with Crippen LogP contribution in [0, 0.1) is 5.92 Å². The van der Waals surface area contributed by atoms with Crippen molar-refractivity contribution < 1.29 is 28.6 Å². The van der Waals surface area contributed by atoms with Crippen LogP contribution >= 0.6 is 0 Å². The van der Waals surface area contributed by atoms with Gasteiger partial charge in [-0.15, -0.1) is 0 Å². The van der Waals surface area contributed by atoms with Gasteiger partial charge in [-0.2, -0.15) is 0 Å². The Labute approximate surface area is 145 Å². The zero-order valence-electron chi connectivity index (χ0n) is 14.3. The normalized spacial score (nSPS) is 34.2. The van der Waals surface area contributed by atoms with Crippen LogP contribution in [-0.2, 0) is 28.6 Å². The van der Waals surface area contributed by atoms with E-state index in [-0.39, 0.29) is 29.8 Å². The molecule has 0 saturated carbocycles. The smallest absolute Gasteiger partial charge is 0.334 e. The third-order valence-corrected chi connectivity index (χ3v) is 4.84. The number of hydrogen-bond acceptors (Lipinski definition) is 6. The Kier molecular flexibility index (Phi) is 3.94. The van der Waals surface area contributed by atoms with Crippen molar-refractivity contribution >= 4 is 17.7 Å². The van der Waals surface area contributed by atoms with E-state index in [2.05, 4.69) is 19.7 Å². The van der Waals surface area contributed by atoms with Crippen molar-refractivity contribution in [1.29, 1.82) is 0 Å². The highest BCUT2D eigenvalue weighted by Crippen LogP contribution is 2.44. The number of ether oxygens (including phenoxy) is 3. The molecule has 0 N–H and O–H groups in total. The number of allylic oxidation sites excluding steroid dienone is 1. The van der Waals surface area contributed by atoms with Gasteiger partial charge in [0.05, 0.1) is 5.92 Å². The fraction of sp³-hybridized carbons (Fsp3) is 0.421. The predicted octanol–water partition coefficient (Wildman–Crippen LogP) is 2.16. The number of esters is 2. The van der Waals surface area contributed by atoms with E-state index in [0.717, 1.165) is 0 Å². The number of fused-ring (bicyclic) bond motifs is 3. The first-order valence-corrected chi connectivity index (χ1v) is 8.02. The van der Waals surface area contributed by atoms with Crippen LogP contribution in [0.5, 0.6) is 0 Å². The van der Waals surface area contributed by atoms with Gasteiger partial charge in [0.25, 0.3) is 0 Å². The van der Waals surface area contributed by atoms with Crippen molar-refractivity contribution in [2.75, 3.05) is 0 Å². The molecule has 2 bridgehead atoms. The number of carbonyl (C=O) groups is 3.